The van der Waals surface area contributed by atoms with E-state index < -0.39 is 10.0 Å². The minimum absolute atomic E-state index is 0.0743. The lowest BCUT2D eigenvalue weighted by atomic mass is 10.2. The molecule has 0 rings (SSSR count). The van der Waals surface area contributed by atoms with Crippen molar-refractivity contribution in [2.24, 2.45) is 0 Å². The molecular formula is C10H23N3O3S. The molecule has 102 valence electrons. The number of hydrogen-bond donors (Lipinski definition) is 2. The van der Waals surface area contributed by atoms with E-state index in [-0.39, 0.29) is 30.8 Å². The Hall–Kier alpha value is -0.660. The van der Waals surface area contributed by atoms with E-state index in [1.54, 1.807) is 0 Å². The van der Waals surface area contributed by atoms with Gasteiger partial charge in [0, 0.05) is 26.7 Å². The van der Waals surface area contributed by atoms with E-state index in [2.05, 4.69) is 10.6 Å². The molecular weight excluding hydrogens is 242 g/mol. The molecule has 6 nitrogen and oxygen atoms in total. The van der Waals surface area contributed by atoms with Crippen molar-refractivity contribution >= 4 is 15.9 Å². The molecule has 0 aliphatic rings. The Morgan fingerprint density at radius 3 is 2.41 bits per heavy atom. The normalized spacial score (nSPS) is 13.7. The second-order valence-corrected chi connectivity index (χ2v) is 6.44. The number of carbonyl (C=O) groups excluding carboxylic acids is 1. The molecule has 0 aliphatic carbocycles. The first-order valence-corrected chi connectivity index (χ1v) is 7.30. The lowest BCUT2D eigenvalue weighted by Crippen LogP contribution is -2.40. The van der Waals surface area contributed by atoms with Gasteiger partial charge in [0.15, 0.2) is 0 Å². The smallest absolute Gasteiger partial charge is 0.233 e. The number of nitrogens with one attached hydrogen (secondary N) is 2. The monoisotopic (exact) mass is 265 g/mol. The molecule has 1 amide bonds. The largest absolute Gasteiger partial charge is 0.354 e. The molecule has 17 heavy (non-hydrogen) atoms. The summed E-state index contributed by atoms with van der Waals surface area (Å²) in [5.41, 5.74) is 0. The Labute approximate surface area is 104 Å². The van der Waals surface area contributed by atoms with Crippen LogP contribution in [0.4, 0.5) is 0 Å². The van der Waals surface area contributed by atoms with Gasteiger partial charge in [0.1, 0.15) is 0 Å². The average Bonchev–Trinajstić information content (AvgIpc) is 2.25. The lowest BCUT2D eigenvalue weighted by Gasteiger charge is -2.13. The van der Waals surface area contributed by atoms with Crippen molar-refractivity contribution in [2.75, 3.05) is 32.9 Å². The van der Waals surface area contributed by atoms with E-state index in [1.807, 2.05) is 13.8 Å². The van der Waals surface area contributed by atoms with Gasteiger partial charge in [-0.1, -0.05) is 6.92 Å². The van der Waals surface area contributed by atoms with E-state index in [4.69, 9.17) is 0 Å². The molecule has 0 spiro atoms. The van der Waals surface area contributed by atoms with Crippen molar-refractivity contribution in [3.63, 3.8) is 0 Å². The van der Waals surface area contributed by atoms with Gasteiger partial charge in [-0.3, -0.25) is 4.79 Å². The van der Waals surface area contributed by atoms with E-state index in [0.717, 1.165) is 10.7 Å². The SMILES string of the molecule is CCC(C)NCC(=O)NCCS(=O)(=O)N(C)C. The van der Waals surface area contributed by atoms with Crippen molar-refractivity contribution in [2.45, 2.75) is 26.3 Å². The third-order valence-electron chi connectivity index (χ3n) is 2.46. The second kappa shape index (κ2) is 7.62. The minimum Gasteiger partial charge on any atom is -0.354 e. The van der Waals surface area contributed by atoms with E-state index in [0.29, 0.717) is 0 Å². The summed E-state index contributed by atoms with van der Waals surface area (Å²) in [5.74, 6) is -0.256. The van der Waals surface area contributed by atoms with Crippen molar-refractivity contribution in [3.8, 4) is 0 Å². The molecule has 0 saturated carbocycles. The Kier molecular flexibility index (Phi) is 7.33. The van der Waals surface area contributed by atoms with Gasteiger partial charge in [-0.2, -0.15) is 0 Å². The molecule has 0 aromatic rings. The zero-order valence-electron chi connectivity index (χ0n) is 11.0. The molecule has 0 aromatic heterocycles. The first-order valence-electron chi connectivity index (χ1n) is 5.70. The van der Waals surface area contributed by atoms with Gasteiger partial charge in [-0.25, -0.2) is 12.7 Å². The van der Waals surface area contributed by atoms with Crippen LogP contribution in [0.3, 0.4) is 0 Å². The van der Waals surface area contributed by atoms with Gasteiger partial charge in [-0.15, -0.1) is 0 Å². The zero-order valence-corrected chi connectivity index (χ0v) is 11.8. The summed E-state index contributed by atoms with van der Waals surface area (Å²) in [7, 11) is -0.284. The van der Waals surface area contributed by atoms with Crippen LogP contribution < -0.4 is 10.6 Å². The van der Waals surface area contributed by atoms with Gasteiger partial charge >= 0.3 is 0 Å². The predicted molar refractivity (Wildman–Crippen MR) is 68.2 cm³/mol. The molecule has 0 fully saturated rings. The summed E-state index contributed by atoms with van der Waals surface area (Å²) < 4.78 is 23.9. The van der Waals surface area contributed by atoms with E-state index in [9.17, 15) is 13.2 Å². The van der Waals surface area contributed by atoms with Crippen molar-refractivity contribution < 1.29 is 13.2 Å². The highest BCUT2D eigenvalue weighted by atomic mass is 32.2. The first-order chi connectivity index (χ1) is 7.79. The van der Waals surface area contributed by atoms with Crippen LogP contribution in [-0.2, 0) is 14.8 Å². The Morgan fingerprint density at radius 2 is 1.94 bits per heavy atom. The Balaban J connectivity index is 3.80. The fourth-order valence-electron chi connectivity index (χ4n) is 0.976. The molecule has 0 aliphatic heterocycles. The predicted octanol–water partition coefficient (Wildman–Crippen LogP) is -0.618. The third-order valence-corrected chi connectivity index (χ3v) is 4.29. The molecule has 0 radical (unpaired) electrons. The fraction of sp³-hybridized carbons (Fsp3) is 0.900. The summed E-state index contributed by atoms with van der Waals surface area (Å²) in [6.45, 7) is 4.38. The maximum absolute atomic E-state index is 11.4. The van der Waals surface area contributed by atoms with Crippen LogP contribution in [0.25, 0.3) is 0 Å². The number of nitrogens with zero attached hydrogens (tertiary/aromatic N) is 1. The maximum Gasteiger partial charge on any atom is 0.233 e. The van der Waals surface area contributed by atoms with Crippen LogP contribution in [0.2, 0.25) is 0 Å². The van der Waals surface area contributed by atoms with Crippen LogP contribution in [0.5, 0.6) is 0 Å². The van der Waals surface area contributed by atoms with Gasteiger partial charge in [0.25, 0.3) is 0 Å². The molecule has 1 unspecified atom stereocenters. The third kappa shape index (κ3) is 7.30. The molecule has 0 aromatic carbocycles. The average molecular weight is 265 g/mol. The fourth-order valence-corrected chi connectivity index (χ4v) is 1.70. The van der Waals surface area contributed by atoms with Gasteiger partial charge in [0.05, 0.1) is 12.3 Å². The number of amides is 1. The second-order valence-electron chi connectivity index (χ2n) is 4.14. The number of carbonyl (C=O) groups is 1. The van der Waals surface area contributed by atoms with Crippen LogP contribution in [-0.4, -0.2) is 57.6 Å². The standard InChI is InChI=1S/C10H23N3O3S/c1-5-9(2)12-8-10(14)11-6-7-17(15,16)13(3)4/h9,12H,5-8H2,1-4H3,(H,11,14). The summed E-state index contributed by atoms with van der Waals surface area (Å²) in [5, 5.41) is 5.60. The number of hydrogen-bond acceptors (Lipinski definition) is 4. The van der Waals surface area contributed by atoms with Gasteiger partial charge < -0.3 is 10.6 Å². The molecule has 0 bridgehead atoms. The first kappa shape index (κ1) is 16.3. The topological polar surface area (TPSA) is 78.5 Å². The van der Waals surface area contributed by atoms with Crippen molar-refractivity contribution in [1.29, 1.82) is 0 Å². The molecule has 1 atom stereocenters. The van der Waals surface area contributed by atoms with E-state index in [1.165, 1.54) is 14.1 Å². The van der Waals surface area contributed by atoms with E-state index >= 15 is 0 Å². The minimum atomic E-state index is -3.23. The van der Waals surface area contributed by atoms with Crippen LogP contribution in [0.1, 0.15) is 20.3 Å². The highest BCUT2D eigenvalue weighted by Gasteiger charge is 2.13. The summed E-state index contributed by atoms with van der Waals surface area (Å²) in [6, 6.07) is 0.284. The highest BCUT2D eigenvalue weighted by molar-refractivity contribution is 7.89. The van der Waals surface area contributed by atoms with Gasteiger partial charge in [0.2, 0.25) is 15.9 Å². The highest BCUT2D eigenvalue weighted by Crippen LogP contribution is 1.92. The maximum atomic E-state index is 11.4. The zero-order chi connectivity index (χ0) is 13.5. The van der Waals surface area contributed by atoms with Crippen LogP contribution in [0, 0.1) is 0 Å². The summed E-state index contributed by atoms with van der Waals surface area (Å²) >= 11 is 0. The quantitative estimate of drug-likeness (QED) is 0.613. The molecule has 2 N–H and O–H groups in total. The van der Waals surface area contributed by atoms with Crippen LogP contribution in [0.15, 0.2) is 0 Å². The van der Waals surface area contributed by atoms with Crippen molar-refractivity contribution in [3.05, 3.63) is 0 Å². The lowest BCUT2D eigenvalue weighted by molar-refractivity contribution is -0.120. The number of rotatable bonds is 8. The summed E-state index contributed by atoms with van der Waals surface area (Å²) in [6.07, 6.45) is 0.947. The van der Waals surface area contributed by atoms with Gasteiger partial charge in [-0.05, 0) is 13.3 Å². The summed E-state index contributed by atoms with van der Waals surface area (Å²) in [4.78, 5) is 11.3. The molecule has 0 saturated heterocycles. The number of sulfonamides is 1. The molecule has 0 heterocycles. The van der Waals surface area contributed by atoms with Crippen LogP contribution >= 0.6 is 0 Å². The Bertz CT molecular complexity index is 328. The molecule has 7 heteroatoms. The van der Waals surface area contributed by atoms with Crippen molar-refractivity contribution in [1.82, 2.24) is 14.9 Å². The Morgan fingerprint density at radius 1 is 1.35 bits per heavy atom.